The van der Waals surface area contributed by atoms with Crippen LogP contribution in [0.1, 0.15) is 36.2 Å². The molecular weight excluding hydrogens is 270 g/mol. The molecule has 2 fully saturated rings. The molecule has 6 heteroatoms. The number of aromatic carboxylic acids is 1. The molecule has 0 atom stereocenters. The van der Waals surface area contributed by atoms with E-state index in [2.05, 4.69) is 10.3 Å². The van der Waals surface area contributed by atoms with Gasteiger partial charge in [-0.2, -0.15) is 0 Å². The topological polar surface area (TPSA) is 82.5 Å². The van der Waals surface area contributed by atoms with E-state index >= 15 is 0 Å². The Morgan fingerprint density at radius 2 is 1.86 bits per heavy atom. The van der Waals surface area contributed by atoms with Gasteiger partial charge in [-0.1, -0.05) is 0 Å². The Hall–Kier alpha value is -2.11. The van der Waals surface area contributed by atoms with Gasteiger partial charge >= 0.3 is 12.0 Å². The molecule has 0 aromatic carbocycles. The number of aromatic nitrogens is 1. The minimum atomic E-state index is -1.14. The van der Waals surface area contributed by atoms with Crippen LogP contribution >= 0.6 is 0 Å². The highest BCUT2D eigenvalue weighted by molar-refractivity contribution is 5.98. The molecule has 0 radical (unpaired) electrons. The second kappa shape index (κ2) is 5.71. The summed E-state index contributed by atoms with van der Waals surface area (Å²) in [6, 6.07) is 2.97. The Morgan fingerprint density at radius 1 is 1.24 bits per heavy atom. The summed E-state index contributed by atoms with van der Waals surface area (Å²) < 4.78 is 0. The zero-order valence-corrected chi connectivity index (χ0v) is 11.8. The average Bonchev–Trinajstić information content (AvgIpc) is 3.33. The number of amides is 2. The van der Waals surface area contributed by atoms with Crippen molar-refractivity contribution in [2.75, 3.05) is 18.4 Å². The van der Waals surface area contributed by atoms with Crippen molar-refractivity contribution < 1.29 is 14.7 Å². The Morgan fingerprint density at radius 3 is 2.38 bits per heavy atom. The van der Waals surface area contributed by atoms with Gasteiger partial charge in [0.05, 0.1) is 5.69 Å². The van der Waals surface area contributed by atoms with Crippen molar-refractivity contribution in [2.45, 2.75) is 25.7 Å². The lowest BCUT2D eigenvalue weighted by Gasteiger charge is -2.23. The van der Waals surface area contributed by atoms with Crippen LogP contribution in [0.25, 0.3) is 0 Å². The van der Waals surface area contributed by atoms with E-state index in [4.69, 9.17) is 5.11 Å². The molecule has 0 unspecified atom stereocenters. The van der Waals surface area contributed by atoms with Gasteiger partial charge in [0.1, 0.15) is 0 Å². The lowest BCUT2D eigenvalue weighted by atomic mass is 10.3. The number of carbonyl (C=O) groups excluding carboxylic acids is 1. The van der Waals surface area contributed by atoms with E-state index in [1.54, 1.807) is 12.1 Å². The number of carboxylic acid groups (broad SMARTS) is 1. The first-order valence-electron chi connectivity index (χ1n) is 7.37. The summed E-state index contributed by atoms with van der Waals surface area (Å²) in [6.07, 6.45) is 6.14. The molecular formula is C15H19N3O3. The third-order valence-electron chi connectivity index (χ3n) is 3.89. The van der Waals surface area contributed by atoms with Crippen LogP contribution in [0.15, 0.2) is 18.3 Å². The van der Waals surface area contributed by atoms with Crippen LogP contribution in [0.2, 0.25) is 0 Å². The summed E-state index contributed by atoms with van der Waals surface area (Å²) in [4.78, 5) is 29.2. The van der Waals surface area contributed by atoms with Crippen molar-refractivity contribution in [1.82, 2.24) is 9.88 Å². The highest BCUT2D eigenvalue weighted by atomic mass is 16.4. The van der Waals surface area contributed by atoms with Crippen molar-refractivity contribution in [3.8, 4) is 0 Å². The summed E-state index contributed by atoms with van der Waals surface area (Å²) in [5.74, 6) is 0.0894. The van der Waals surface area contributed by atoms with Crippen LogP contribution in [0, 0.1) is 11.8 Å². The number of hydrogen-bond donors (Lipinski definition) is 2. The lowest BCUT2D eigenvalue weighted by molar-refractivity contribution is 0.0691. The van der Waals surface area contributed by atoms with Crippen LogP contribution in [0.5, 0.6) is 0 Å². The predicted octanol–water partition coefficient (Wildman–Crippen LogP) is 2.43. The fourth-order valence-electron chi connectivity index (χ4n) is 2.34. The van der Waals surface area contributed by atoms with Crippen LogP contribution in [-0.2, 0) is 0 Å². The molecule has 0 saturated heterocycles. The maximum absolute atomic E-state index is 12.4. The number of nitrogens with one attached hydrogen (secondary N) is 1. The number of carbonyl (C=O) groups is 2. The third kappa shape index (κ3) is 3.71. The molecule has 1 aromatic rings. The Kier molecular flexibility index (Phi) is 3.77. The van der Waals surface area contributed by atoms with Crippen LogP contribution in [0.3, 0.4) is 0 Å². The van der Waals surface area contributed by atoms with E-state index in [1.165, 1.54) is 31.9 Å². The second-order valence-corrected chi connectivity index (χ2v) is 5.93. The molecule has 2 saturated carbocycles. The van der Waals surface area contributed by atoms with Gasteiger partial charge in [0.25, 0.3) is 0 Å². The molecule has 1 heterocycles. The molecule has 2 amide bonds. The molecule has 0 bridgehead atoms. The van der Waals surface area contributed by atoms with Crippen molar-refractivity contribution in [2.24, 2.45) is 11.8 Å². The van der Waals surface area contributed by atoms with Gasteiger partial charge in [-0.05, 0) is 49.7 Å². The van der Waals surface area contributed by atoms with Crippen LogP contribution in [-0.4, -0.2) is 40.1 Å². The molecule has 2 aliphatic carbocycles. The first-order valence-corrected chi connectivity index (χ1v) is 7.37. The number of urea groups is 1. The zero-order valence-electron chi connectivity index (χ0n) is 11.8. The molecule has 0 aliphatic heterocycles. The fraction of sp³-hybridized carbons (Fsp3) is 0.533. The molecule has 2 aliphatic rings. The maximum atomic E-state index is 12.4. The third-order valence-corrected chi connectivity index (χ3v) is 3.89. The first-order chi connectivity index (χ1) is 10.1. The number of nitrogens with zero attached hydrogens (tertiary/aromatic N) is 2. The maximum Gasteiger partial charge on any atom is 0.356 e. The average molecular weight is 289 g/mol. The highest BCUT2D eigenvalue weighted by Gasteiger charge is 2.31. The van der Waals surface area contributed by atoms with Gasteiger partial charge in [-0.3, -0.25) is 0 Å². The molecule has 3 rings (SSSR count). The standard InChI is InChI=1S/C15H19N3O3/c19-14(20)13-12(2-1-7-16-13)17-15(21)18(8-10-3-4-10)9-11-5-6-11/h1-2,7,10-11H,3-6,8-9H2,(H,17,21)(H,19,20). The Balaban J connectivity index is 1.69. The second-order valence-electron chi connectivity index (χ2n) is 5.93. The van der Waals surface area contributed by atoms with E-state index in [1.807, 2.05) is 4.90 Å². The van der Waals surface area contributed by atoms with Gasteiger partial charge in [0, 0.05) is 19.3 Å². The van der Waals surface area contributed by atoms with Gasteiger partial charge in [0.15, 0.2) is 5.69 Å². The van der Waals surface area contributed by atoms with Crippen molar-refractivity contribution >= 4 is 17.7 Å². The summed E-state index contributed by atoms with van der Waals surface area (Å²) in [5, 5.41) is 11.8. The highest BCUT2D eigenvalue weighted by Crippen LogP contribution is 2.34. The van der Waals surface area contributed by atoms with E-state index in [0.29, 0.717) is 11.8 Å². The van der Waals surface area contributed by atoms with E-state index in [9.17, 15) is 9.59 Å². The minimum absolute atomic E-state index is 0.122. The molecule has 112 valence electrons. The van der Waals surface area contributed by atoms with Crippen LogP contribution < -0.4 is 5.32 Å². The Labute approximate surface area is 123 Å². The molecule has 0 spiro atoms. The van der Waals surface area contributed by atoms with Gasteiger partial charge < -0.3 is 15.3 Å². The number of rotatable bonds is 6. The molecule has 1 aromatic heterocycles. The SMILES string of the molecule is O=C(O)c1ncccc1NC(=O)N(CC1CC1)CC1CC1. The summed E-state index contributed by atoms with van der Waals surface area (Å²) in [7, 11) is 0. The summed E-state index contributed by atoms with van der Waals surface area (Å²) in [5.41, 5.74) is 0.134. The fourth-order valence-corrected chi connectivity index (χ4v) is 2.34. The molecule has 2 N–H and O–H groups in total. The van der Waals surface area contributed by atoms with Crippen LogP contribution in [0.4, 0.5) is 10.5 Å². The van der Waals surface area contributed by atoms with Gasteiger partial charge in [0.2, 0.25) is 0 Å². The largest absolute Gasteiger partial charge is 0.476 e. The number of carboxylic acids is 1. The van der Waals surface area contributed by atoms with Gasteiger partial charge in [-0.25, -0.2) is 14.6 Å². The monoisotopic (exact) mass is 289 g/mol. The van der Waals surface area contributed by atoms with E-state index in [0.717, 1.165) is 13.1 Å². The zero-order chi connectivity index (χ0) is 14.8. The first kappa shape index (κ1) is 13.9. The van der Waals surface area contributed by atoms with E-state index in [-0.39, 0.29) is 17.4 Å². The van der Waals surface area contributed by atoms with E-state index < -0.39 is 5.97 Å². The minimum Gasteiger partial charge on any atom is -0.476 e. The van der Waals surface area contributed by atoms with Crippen molar-refractivity contribution in [3.63, 3.8) is 0 Å². The number of hydrogen-bond acceptors (Lipinski definition) is 3. The number of pyridine rings is 1. The summed E-state index contributed by atoms with van der Waals surface area (Å²) in [6.45, 7) is 1.54. The van der Waals surface area contributed by atoms with Crippen molar-refractivity contribution in [1.29, 1.82) is 0 Å². The Bertz CT molecular complexity index is 539. The quantitative estimate of drug-likeness (QED) is 0.842. The normalized spacial score (nSPS) is 17.3. The lowest BCUT2D eigenvalue weighted by Crippen LogP contribution is -2.38. The van der Waals surface area contributed by atoms with Gasteiger partial charge in [-0.15, -0.1) is 0 Å². The van der Waals surface area contributed by atoms with Crippen molar-refractivity contribution in [3.05, 3.63) is 24.0 Å². The molecule has 6 nitrogen and oxygen atoms in total. The smallest absolute Gasteiger partial charge is 0.356 e. The molecule has 21 heavy (non-hydrogen) atoms. The number of anilines is 1. The predicted molar refractivity (Wildman–Crippen MR) is 77.2 cm³/mol. The summed E-state index contributed by atoms with van der Waals surface area (Å²) >= 11 is 0.